The Hall–Kier alpha value is -2.98. The van der Waals surface area contributed by atoms with E-state index < -0.39 is 6.43 Å². The van der Waals surface area contributed by atoms with E-state index in [9.17, 15) is 8.78 Å². The molecule has 1 aliphatic heterocycles. The number of alkyl halides is 2. The van der Waals surface area contributed by atoms with Crippen molar-refractivity contribution in [3.05, 3.63) is 52.7 Å². The molecule has 29 heavy (non-hydrogen) atoms. The molecule has 148 valence electrons. The summed E-state index contributed by atoms with van der Waals surface area (Å²) < 4.78 is 27.2. The smallest absolute Gasteiger partial charge is 0.266 e. The van der Waals surface area contributed by atoms with Crippen LogP contribution in [0.1, 0.15) is 47.4 Å². The van der Waals surface area contributed by atoms with Gasteiger partial charge in [0.15, 0.2) is 0 Å². The van der Waals surface area contributed by atoms with E-state index in [0.717, 1.165) is 48.0 Å². The molecular weight excluding hydrogens is 372 g/mol. The molecule has 0 bridgehead atoms. The van der Waals surface area contributed by atoms with Crippen LogP contribution >= 0.6 is 0 Å². The molecule has 0 radical (unpaired) electrons. The molecule has 0 amide bonds. The molecule has 3 heterocycles. The number of likely N-dealkylation sites (N-methyl/N-ethyl adjacent to an activating group) is 1. The maximum atomic E-state index is 13.6. The maximum absolute atomic E-state index is 13.6. The molecular formula is C22H21F2N5. The van der Waals surface area contributed by atoms with Gasteiger partial charge in [-0.05, 0) is 56.5 Å². The number of benzene rings is 1. The van der Waals surface area contributed by atoms with E-state index in [1.54, 1.807) is 0 Å². The van der Waals surface area contributed by atoms with Crippen molar-refractivity contribution in [1.29, 1.82) is 5.26 Å². The van der Waals surface area contributed by atoms with Crippen LogP contribution in [0.3, 0.4) is 0 Å². The summed E-state index contributed by atoms with van der Waals surface area (Å²) in [6, 6.07) is 9.06. The van der Waals surface area contributed by atoms with Crippen molar-refractivity contribution in [3.63, 3.8) is 0 Å². The average Bonchev–Trinajstić information content (AvgIpc) is 2.73. The van der Waals surface area contributed by atoms with Crippen molar-refractivity contribution in [3.8, 4) is 17.5 Å². The number of halogens is 2. The lowest BCUT2D eigenvalue weighted by atomic mass is 9.88. The number of aromatic nitrogens is 3. The molecule has 1 aliphatic rings. The van der Waals surface area contributed by atoms with Crippen LogP contribution in [0.25, 0.3) is 22.3 Å². The van der Waals surface area contributed by atoms with Gasteiger partial charge in [-0.1, -0.05) is 18.2 Å². The number of pyridine rings is 1. The zero-order chi connectivity index (χ0) is 20.5. The lowest BCUT2D eigenvalue weighted by Gasteiger charge is -2.30. The first kappa shape index (κ1) is 19.3. The monoisotopic (exact) mass is 393 g/mol. The highest BCUT2D eigenvalue weighted by molar-refractivity contribution is 5.89. The van der Waals surface area contributed by atoms with E-state index in [0.29, 0.717) is 11.6 Å². The Labute approximate surface area is 168 Å². The Bertz CT molecular complexity index is 1110. The fraction of sp³-hybridized carbons (Fsp3) is 0.364. The minimum atomic E-state index is -2.76. The van der Waals surface area contributed by atoms with Crippen LogP contribution in [0, 0.1) is 18.3 Å². The Kier molecular flexibility index (Phi) is 5.20. The third kappa shape index (κ3) is 3.56. The van der Waals surface area contributed by atoms with Crippen LogP contribution in [-0.4, -0.2) is 40.2 Å². The number of hydrogen-bond acceptors (Lipinski definition) is 5. The molecule has 1 aromatic carbocycles. The van der Waals surface area contributed by atoms with Gasteiger partial charge in [0.2, 0.25) is 0 Å². The van der Waals surface area contributed by atoms with E-state index in [-0.39, 0.29) is 16.8 Å². The third-order valence-electron chi connectivity index (χ3n) is 5.65. The molecule has 1 saturated heterocycles. The summed E-state index contributed by atoms with van der Waals surface area (Å²) in [6.45, 7) is 3.92. The van der Waals surface area contributed by atoms with E-state index in [1.807, 2.05) is 25.1 Å². The van der Waals surface area contributed by atoms with Gasteiger partial charge < -0.3 is 4.90 Å². The summed E-state index contributed by atoms with van der Waals surface area (Å²) >= 11 is 0. The maximum Gasteiger partial charge on any atom is 0.266 e. The average molecular weight is 393 g/mol. The van der Waals surface area contributed by atoms with Crippen LogP contribution in [0.15, 0.2) is 30.5 Å². The van der Waals surface area contributed by atoms with E-state index >= 15 is 0 Å². The zero-order valence-electron chi connectivity index (χ0n) is 16.4. The highest BCUT2D eigenvalue weighted by Crippen LogP contribution is 2.35. The second kappa shape index (κ2) is 7.80. The lowest BCUT2D eigenvalue weighted by Crippen LogP contribution is -2.31. The number of hydrogen-bond donors (Lipinski definition) is 0. The van der Waals surface area contributed by atoms with E-state index in [1.165, 1.54) is 12.3 Å². The lowest BCUT2D eigenvalue weighted by molar-refractivity contribution is 0.151. The molecule has 0 unspecified atom stereocenters. The van der Waals surface area contributed by atoms with Gasteiger partial charge in [-0.3, -0.25) is 4.98 Å². The van der Waals surface area contributed by atoms with Crippen LogP contribution in [0.5, 0.6) is 0 Å². The molecule has 4 rings (SSSR count). The van der Waals surface area contributed by atoms with Gasteiger partial charge in [-0.2, -0.15) is 5.26 Å². The van der Waals surface area contributed by atoms with Crippen LogP contribution < -0.4 is 0 Å². The molecule has 1 fully saturated rings. The molecule has 3 aromatic rings. The summed E-state index contributed by atoms with van der Waals surface area (Å²) in [4.78, 5) is 6.44. The van der Waals surface area contributed by atoms with Gasteiger partial charge in [0.05, 0.1) is 16.8 Å². The van der Waals surface area contributed by atoms with Crippen molar-refractivity contribution in [2.75, 3.05) is 20.1 Å². The first-order valence-electron chi connectivity index (χ1n) is 9.62. The summed E-state index contributed by atoms with van der Waals surface area (Å²) in [5.41, 5.74) is 2.94. The summed E-state index contributed by atoms with van der Waals surface area (Å²) in [6.07, 6.45) is 0.765. The highest BCUT2D eigenvalue weighted by atomic mass is 19.3. The van der Waals surface area contributed by atoms with Crippen molar-refractivity contribution in [2.24, 2.45) is 0 Å². The van der Waals surface area contributed by atoms with Crippen LogP contribution in [0.4, 0.5) is 8.78 Å². The SMILES string of the molecule is Cc1c(-c2ncc(C#N)cc2C(F)F)nnc2c([C@@H]3CCCN(C)C3)cccc12. The first-order chi connectivity index (χ1) is 14.0. The molecule has 7 heteroatoms. The van der Waals surface area contributed by atoms with Gasteiger partial charge in [-0.15, -0.1) is 10.2 Å². The minimum absolute atomic E-state index is 0.0775. The molecule has 1 atom stereocenters. The summed E-state index contributed by atoms with van der Waals surface area (Å²) in [5.74, 6) is 0.377. The fourth-order valence-electron chi connectivity index (χ4n) is 4.16. The number of rotatable bonds is 3. The number of likely N-dealkylation sites (tertiary alicyclic amines) is 1. The fourth-order valence-corrected chi connectivity index (χ4v) is 4.16. The second-order valence-electron chi connectivity index (χ2n) is 7.59. The quantitative estimate of drug-likeness (QED) is 0.650. The van der Waals surface area contributed by atoms with Gasteiger partial charge in [0.25, 0.3) is 6.43 Å². The minimum Gasteiger partial charge on any atom is -0.306 e. The third-order valence-corrected chi connectivity index (χ3v) is 5.65. The van der Waals surface area contributed by atoms with E-state index in [4.69, 9.17) is 5.26 Å². The number of nitrogens with zero attached hydrogens (tertiary/aromatic N) is 5. The Morgan fingerprint density at radius 1 is 1.24 bits per heavy atom. The summed E-state index contributed by atoms with van der Waals surface area (Å²) in [7, 11) is 2.12. The predicted molar refractivity (Wildman–Crippen MR) is 107 cm³/mol. The van der Waals surface area contributed by atoms with Crippen molar-refractivity contribution < 1.29 is 8.78 Å². The highest BCUT2D eigenvalue weighted by Gasteiger charge is 2.24. The Morgan fingerprint density at radius 2 is 2.07 bits per heavy atom. The Balaban J connectivity index is 1.85. The predicted octanol–water partition coefficient (Wildman–Crippen LogP) is 4.62. The topological polar surface area (TPSA) is 65.7 Å². The van der Waals surface area contributed by atoms with E-state index in [2.05, 4.69) is 33.2 Å². The normalized spacial score (nSPS) is 17.6. The largest absolute Gasteiger partial charge is 0.306 e. The van der Waals surface area contributed by atoms with Gasteiger partial charge >= 0.3 is 0 Å². The molecule has 0 spiro atoms. The zero-order valence-corrected chi connectivity index (χ0v) is 16.4. The van der Waals surface area contributed by atoms with Gasteiger partial charge in [0, 0.05) is 23.7 Å². The molecule has 2 aromatic heterocycles. The molecule has 0 aliphatic carbocycles. The first-order valence-corrected chi connectivity index (χ1v) is 9.62. The van der Waals surface area contributed by atoms with Crippen LogP contribution in [0.2, 0.25) is 0 Å². The van der Waals surface area contributed by atoms with Crippen molar-refractivity contribution in [1.82, 2.24) is 20.1 Å². The molecule has 5 nitrogen and oxygen atoms in total. The van der Waals surface area contributed by atoms with Crippen molar-refractivity contribution in [2.45, 2.75) is 32.1 Å². The number of fused-ring (bicyclic) bond motifs is 1. The molecule has 0 N–H and O–H groups in total. The second-order valence-corrected chi connectivity index (χ2v) is 7.59. The standard InChI is InChI=1S/C22H21F2N5/c1-13-16-6-3-7-17(15-5-4-8-29(2)12-15)20(16)28-27-19(13)21-18(22(23)24)9-14(10-25)11-26-21/h3,6-7,9,11,15,22H,4-5,8,12H2,1-2H3/t15-/m1/s1. The Morgan fingerprint density at radius 3 is 2.79 bits per heavy atom. The number of nitriles is 1. The number of aryl methyl sites for hydroxylation is 1. The van der Waals surface area contributed by atoms with Crippen LogP contribution in [-0.2, 0) is 0 Å². The van der Waals surface area contributed by atoms with Gasteiger partial charge in [0.1, 0.15) is 11.8 Å². The number of piperidine rings is 1. The van der Waals surface area contributed by atoms with Crippen molar-refractivity contribution >= 4 is 10.9 Å². The van der Waals surface area contributed by atoms with Gasteiger partial charge in [-0.25, -0.2) is 8.78 Å². The summed E-state index contributed by atoms with van der Waals surface area (Å²) in [5, 5.41) is 18.7. The molecule has 0 saturated carbocycles.